The first-order chi connectivity index (χ1) is 4.91. The molecule has 11 heavy (non-hydrogen) atoms. The number of hydrogen-bond acceptors (Lipinski definition) is 1. The molecule has 66 valence electrons. The molecule has 1 aliphatic rings. The number of alkyl halides is 3. The number of rotatable bonds is 0. The van der Waals surface area contributed by atoms with E-state index >= 15 is 0 Å². The second kappa shape index (κ2) is 2.66. The molecule has 0 N–H and O–H groups in total. The van der Waals surface area contributed by atoms with Crippen molar-refractivity contribution in [3.8, 4) is 0 Å². The zero-order chi connectivity index (χ0) is 8.65. The van der Waals surface area contributed by atoms with E-state index in [2.05, 4.69) is 0 Å². The molecule has 1 heterocycles. The summed E-state index contributed by atoms with van der Waals surface area (Å²) in [6.45, 7) is 1.98. The van der Waals surface area contributed by atoms with Crippen molar-refractivity contribution < 1.29 is 13.2 Å². The smallest absolute Gasteiger partial charge is 0.303 e. The minimum Gasteiger partial charge on any atom is -0.303 e. The van der Waals surface area contributed by atoms with Crippen LogP contribution in [0.5, 0.6) is 0 Å². The summed E-state index contributed by atoms with van der Waals surface area (Å²) in [5, 5.41) is 0. The van der Waals surface area contributed by atoms with E-state index in [-0.39, 0.29) is 19.0 Å². The Balaban J connectivity index is 2.54. The second-order valence-electron chi connectivity index (χ2n) is 3.26. The summed E-state index contributed by atoms with van der Waals surface area (Å²) in [5.41, 5.74) is 0. The van der Waals surface area contributed by atoms with Crippen LogP contribution in [0.4, 0.5) is 13.2 Å². The van der Waals surface area contributed by atoms with Gasteiger partial charge in [-0.05, 0) is 20.4 Å². The maximum atomic E-state index is 12.1. The van der Waals surface area contributed by atoms with E-state index in [0.717, 1.165) is 0 Å². The lowest BCUT2D eigenvalue weighted by molar-refractivity contribution is -0.170. The molecule has 0 aliphatic carbocycles. The molecule has 0 bridgehead atoms. The van der Waals surface area contributed by atoms with Crippen LogP contribution in [0.2, 0.25) is 0 Å². The zero-order valence-corrected chi connectivity index (χ0v) is 6.65. The summed E-state index contributed by atoms with van der Waals surface area (Å²) in [7, 11) is 1.73. The van der Waals surface area contributed by atoms with Crippen molar-refractivity contribution in [2.75, 3.05) is 13.6 Å². The topological polar surface area (TPSA) is 3.24 Å². The second-order valence-corrected chi connectivity index (χ2v) is 3.26. The Kier molecular flexibility index (Phi) is 2.14. The lowest BCUT2D eigenvalue weighted by Crippen LogP contribution is -2.26. The summed E-state index contributed by atoms with van der Waals surface area (Å²) in [4.78, 5) is 1.75. The van der Waals surface area contributed by atoms with Gasteiger partial charge in [-0.25, -0.2) is 0 Å². The van der Waals surface area contributed by atoms with Crippen molar-refractivity contribution in [2.24, 2.45) is 5.92 Å². The summed E-state index contributed by atoms with van der Waals surface area (Å²) < 4.78 is 36.2. The summed E-state index contributed by atoms with van der Waals surface area (Å²) in [5.74, 6) is -1.11. The monoisotopic (exact) mass is 167 g/mol. The van der Waals surface area contributed by atoms with Gasteiger partial charge in [-0.3, -0.25) is 0 Å². The highest BCUT2D eigenvalue weighted by Gasteiger charge is 2.44. The number of halogens is 3. The SMILES string of the molecule is CC1CC(C(F)(F)F)CN1C. The molecule has 0 aromatic rings. The van der Waals surface area contributed by atoms with Crippen molar-refractivity contribution >= 4 is 0 Å². The third-order valence-corrected chi connectivity index (χ3v) is 2.35. The third kappa shape index (κ3) is 1.86. The number of nitrogens with zero attached hydrogens (tertiary/aromatic N) is 1. The van der Waals surface area contributed by atoms with Crippen molar-refractivity contribution in [3.05, 3.63) is 0 Å². The van der Waals surface area contributed by atoms with Gasteiger partial charge in [0.15, 0.2) is 0 Å². The molecule has 4 heteroatoms. The first-order valence-electron chi connectivity index (χ1n) is 3.68. The van der Waals surface area contributed by atoms with Crippen LogP contribution in [0, 0.1) is 5.92 Å². The van der Waals surface area contributed by atoms with Crippen LogP contribution in [0.25, 0.3) is 0 Å². The largest absolute Gasteiger partial charge is 0.393 e. The third-order valence-electron chi connectivity index (χ3n) is 2.35. The summed E-state index contributed by atoms with van der Waals surface area (Å²) in [6.07, 6.45) is -3.75. The van der Waals surface area contributed by atoms with Crippen LogP contribution in [-0.2, 0) is 0 Å². The van der Waals surface area contributed by atoms with Gasteiger partial charge in [-0.2, -0.15) is 13.2 Å². The normalized spacial score (nSPS) is 34.6. The molecule has 0 aromatic heterocycles. The predicted molar refractivity (Wildman–Crippen MR) is 36.3 cm³/mol. The van der Waals surface area contributed by atoms with Gasteiger partial charge in [-0.15, -0.1) is 0 Å². The molecule has 1 saturated heterocycles. The Morgan fingerprint density at radius 2 is 1.91 bits per heavy atom. The van der Waals surface area contributed by atoms with Gasteiger partial charge >= 0.3 is 6.18 Å². The minimum atomic E-state index is -4.00. The van der Waals surface area contributed by atoms with E-state index in [4.69, 9.17) is 0 Å². The van der Waals surface area contributed by atoms with Crippen LogP contribution < -0.4 is 0 Å². The van der Waals surface area contributed by atoms with E-state index in [1.54, 1.807) is 11.9 Å². The van der Waals surface area contributed by atoms with Crippen LogP contribution in [0.1, 0.15) is 13.3 Å². The zero-order valence-electron chi connectivity index (χ0n) is 6.65. The quantitative estimate of drug-likeness (QED) is 0.532. The molecule has 0 radical (unpaired) electrons. The average Bonchev–Trinajstić information content (AvgIpc) is 2.11. The molecule has 0 amide bonds. The Bertz CT molecular complexity index is 133. The number of hydrogen-bond donors (Lipinski definition) is 0. The fourth-order valence-electron chi connectivity index (χ4n) is 1.43. The number of likely N-dealkylation sites (tertiary alicyclic amines) is 1. The Labute approximate surface area is 64.2 Å². The Morgan fingerprint density at radius 3 is 2.09 bits per heavy atom. The molecule has 0 spiro atoms. The average molecular weight is 167 g/mol. The summed E-state index contributed by atoms with van der Waals surface area (Å²) in [6, 6.07) is 0.0709. The van der Waals surface area contributed by atoms with Crippen LogP contribution in [-0.4, -0.2) is 30.7 Å². The van der Waals surface area contributed by atoms with Crippen molar-refractivity contribution in [1.29, 1.82) is 0 Å². The standard InChI is InChI=1S/C7H12F3N/c1-5-3-6(4-11(5)2)7(8,9)10/h5-6H,3-4H2,1-2H3. The Hall–Kier alpha value is -0.250. The van der Waals surface area contributed by atoms with E-state index in [1.807, 2.05) is 6.92 Å². The van der Waals surface area contributed by atoms with Crippen molar-refractivity contribution in [2.45, 2.75) is 25.6 Å². The van der Waals surface area contributed by atoms with E-state index in [0.29, 0.717) is 0 Å². The maximum absolute atomic E-state index is 12.1. The molecule has 0 aromatic carbocycles. The molecule has 0 saturated carbocycles. The molecule has 2 unspecified atom stereocenters. The van der Waals surface area contributed by atoms with Gasteiger partial charge in [0.2, 0.25) is 0 Å². The molecule has 2 atom stereocenters. The first kappa shape index (κ1) is 8.84. The van der Waals surface area contributed by atoms with Gasteiger partial charge in [0.25, 0.3) is 0 Å². The van der Waals surface area contributed by atoms with Crippen LogP contribution >= 0.6 is 0 Å². The van der Waals surface area contributed by atoms with Crippen LogP contribution in [0.3, 0.4) is 0 Å². The molecule has 1 fully saturated rings. The Morgan fingerprint density at radius 1 is 1.36 bits per heavy atom. The highest BCUT2D eigenvalue weighted by molar-refractivity contribution is 4.83. The van der Waals surface area contributed by atoms with E-state index in [9.17, 15) is 13.2 Å². The highest BCUT2D eigenvalue weighted by atomic mass is 19.4. The minimum absolute atomic E-state index is 0.0709. The summed E-state index contributed by atoms with van der Waals surface area (Å²) >= 11 is 0. The molecular weight excluding hydrogens is 155 g/mol. The van der Waals surface area contributed by atoms with Crippen molar-refractivity contribution in [3.63, 3.8) is 0 Å². The fourth-order valence-corrected chi connectivity index (χ4v) is 1.43. The lowest BCUT2D eigenvalue weighted by Gasteiger charge is -2.14. The van der Waals surface area contributed by atoms with Gasteiger partial charge < -0.3 is 4.90 Å². The maximum Gasteiger partial charge on any atom is 0.393 e. The van der Waals surface area contributed by atoms with Crippen molar-refractivity contribution in [1.82, 2.24) is 4.90 Å². The highest BCUT2D eigenvalue weighted by Crippen LogP contribution is 2.35. The first-order valence-corrected chi connectivity index (χ1v) is 3.68. The molecule has 1 aliphatic heterocycles. The molecular formula is C7H12F3N. The van der Waals surface area contributed by atoms with Gasteiger partial charge in [-0.1, -0.05) is 0 Å². The van der Waals surface area contributed by atoms with Gasteiger partial charge in [0, 0.05) is 12.6 Å². The lowest BCUT2D eigenvalue weighted by atomic mass is 10.1. The predicted octanol–water partition coefficient (Wildman–Crippen LogP) is 1.89. The molecule has 1 rings (SSSR count). The van der Waals surface area contributed by atoms with Gasteiger partial charge in [0.05, 0.1) is 5.92 Å². The molecule has 1 nitrogen and oxygen atoms in total. The van der Waals surface area contributed by atoms with Gasteiger partial charge in [0.1, 0.15) is 0 Å². The van der Waals surface area contributed by atoms with E-state index < -0.39 is 12.1 Å². The van der Waals surface area contributed by atoms with Crippen LogP contribution in [0.15, 0.2) is 0 Å². The van der Waals surface area contributed by atoms with E-state index in [1.165, 1.54) is 0 Å². The fraction of sp³-hybridized carbons (Fsp3) is 1.00.